The molecule has 3 nitrogen and oxygen atoms in total. The van der Waals surface area contributed by atoms with Crippen LogP contribution >= 0.6 is 0 Å². The predicted octanol–water partition coefficient (Wildman–Crippen LogP) is 2.43. The molecule has 1 aromatic rings. The first-order valence-electron chi connectivity index (χ1n) is 5.85. The summed E-state index contributed by atoms with van der Waals surface area (Å²) in [5.41, 5.74) is 3.17. The van der Waals surface area contributed by atoms with Gasteiger partial charge in [0.2, 0.25) is 0 Å². The molecule has 1 unspecified atom stereocenters. The van der Waals surface area contributed by atoms with Gasteiger partial charge in [-0.05, 0) is 43.4 Å². The first kappa shape index (κ1) is 12.1. The number of aryl methyl sites for hydroxylation is 2. The summed E-state index contributed by atoms with van der Waals surface area (Å²) in [6.45, 7) is 4.08. The smallest absolute Gasteiger partial charge is 0.333 e. The van der Waals surface area contributed by atoms with E-state index in [0.29, 0.717) is 0 Å². The molecule has 1 atom stereocenters. The van der Waals surface area contributed by atoms with Gasteiger partial charge in [-0.3, -0.25) is 0 Å². The van der Waals surface area contributed by atoms with Crippen LogP contribution in [-0.2, 0) is 14.9 Å². The monoisotopic (exact) mass is 234 g/mol. The van der Waals surface area contributed by atoms with E-state index in [4.69, 9.17) is 4.74 Å². The van der Waals surface area contributed by atoms with Crippen molar-refractivity contribution < 1.29 is 14.6 Å². The minimum Gasteiger partial charge on any atom is -0.479 e. The molecule has 3 heteroatoms. The van der Waals surface area contributed by atoms with Gasteiger partial charge < -0.3 is 9.84 Å². The zero-order valence-corrected chi connectivity index (χ0v) is 10.5. The van der Waals surface area contributed by atoms with E-state index >= 15 is 0 Å². The van der Waals surface area contributed by atoms with Crippen molar-refractivity contribution in [2.45, 2.75) is 38.2 Å². The molecule has 1 aliphatic rings. The van der Waals surface area contributed by atoms with Crippen LogP contribution in [0.2, 0.25) is 0 Å². The maximum Gasteiger partial charge on any atom is 0.333 e. The Morgan fingerprint density at radius 2 is 1.88 bits per heavy atom. The first-order chi connectivity index (χ1) is 8.03. The third kappa shape index (κ3) is 1.84. The molecular weight excluding hydrogens is 216 g/mol. The summed E-state index contributed by atoms with van der Waals surface area (Å²) in [6, 6.07) is 6.08. The number of aliphatic carboxylic acids is 1. The molecule has 0 spiro atoms. The lowest BCUT2D eigenvalue weighted by atomic mass is 9.84. The number of hydrogen-bond acceptors (Lipinski definition) is 2. The van der Waals surface area contributed by atoms with E-state index in [1.54, 1.807) is 0 Å². The van der Waals surface area contributed by atoms with E-state index in [1.807, 2.05) is 32.0 Å². The molecule has 1 saturated carbocycles. The topological polar surface area (TPSA) is 46.5 Å². The Morgan fingerprint density at radius 3 is 2.24 bits per heavy atom. The standard InChI is InChI=1S/C14H18O3/c1-9-5-4-6-10(2)11(9)14(7-8-14)12(17-3)13(15)16/h4-6,12H,7-8H2,1-3H3,(H,15,16). The van der Waals surface area contributed by atoms with E-state index in [9.17, 15) is 9.90 Å². The van der Waals surface area contributed by atoms with Crippen LogP contribution in [0, 0.1) is 13.8 Å². The minimum atomic E-state index is -0.868. The summed E-state index contributed by atoms with van der Waals surface area (Å²) >= 11 is 0. The van der Waals surface area contributed by atoms with Crippen LogP contribution in [0.5, 0.6) is 0 Å². The van der Waals surface area contributed by atoms with Crippen molar-refractivity contribution in [1.29, 1.82) is 0 Å². The largest absolute Gasteiger partial charge is 0.479 e. The van der Waals surface area contributed by atoms with Gasteiger partial charge >= 0.3 is 5.97 Å². The summed E-state index contributed by atoms with van der Waals surface area (Å²) in [5.74, 6) is -0.868. The van der Waals surface area contributed by atoms with Gasteiger partial charge in [0.25, 0.3) is 0 Å². The van der Waals surface area contributed by atoms with Gasteiger partial charge in [-0.25, -0.2) is 4.79 Å². The second-order valence-corrected chi connectivity index (χ2v) is 4.88. The zero-order valence-electron chi connectivity index (χ0n) is 10.5. The molecule has 92 valence electrons. The Bertz CT molecular complexity index is 427. The van der Waals surface area contributed by atoms with Crippen molar-refractivity contribution in [3.05, 3.63) is 34.9 Å². The van der Waals surface area contributed by atoms with Gasteiger partial charge in [0.15, 0.2) is 6.10 Å². The van der Waals surface area contributed by atoms with Crippen molar-refractivity contribution in [2.75, 3.05) is 7.11 Å². The molecule has 0 heterocycles. The quantitative estimate of drug-likeness (QED) is 0.870. The molecule has 0 aromatic heterocycles. The summed E-state index contributed by atoms with van der Waals surface area (Å²) in [4.78, 5) is 11.3. The summed E-state index contributed by atoms with van der Waals surface area (Å²) in [5, 5.41) is 9.27. The molecule has 1 fully saturated rings. The number of methoxy groups -OCH3 is 1. The lowest BCUT2D eigenvalue weighted by Gasteiger charge is -2.26. The lowest BCUT2D eigenvalue weighted by molar-refractivity contribution is -0.150. The van der Waals surface area contributed by atoms with Crippen LogP contribution in [0.1, 0.15) is 29.5 Å². The minimum absolute atomic E-state index is 0.310. The fourth-order valence-electron chi connectivity index (χ4n) is 2.94. The fraction of sp³-hybridized carbons (Fsp3) is 0.500. The first-order valence-corrected chi connectivity index (χ1v) is 5.85. The van der Waals surface area contributed by atoms with Gasteiger partial charge in [-0.1, -0.05) is 18.2 Å². The Kier molecular flexibility index (Phi) is 2.96. The van der Waals surface area contributed by atoms with Crippen molar-refractivity contribution in [1.82, 2.24) is 0 Å². The van der Waals surface area contributed by atoms with Gasteiger partial charge in [-0.2, -0.15) is 0 Å². The van der Waals surface area contributed by atoms with Gasteiger partial charge in [-0.15, -0.1) is 0 Å². The van der Waals surface area contributed by atoms with Crippen LogP contribution in [0.3, 0.4) is 0 Å². The highest BCUT2D eigenvalue weighted by Gasteiger charge is 2.55. The van der Waals surface area contributed by atoms with Crippen molar-refractivity contribution in [3.63, 3.8) is 0 Å². The SMILES string of the molecule is COC(C(=O)O)C1(c2c(C)cccc2C)CC1. The highest BCUT2D eigenvalue weighted by Crippen LogP contribution is 2.54. The summed E-state index contributed by atoms with van der Waals surface area (Å²) in [6.07, 6.45) is 1.05. The van der Waals surface area contributed by atoms with E-state index in [-0.39, 0.29) is 5.41 Å². The van der Waals surface area contributed by atoms with E-state index < -0.39 is 12.1 Å². The normalized spacial score (nSPS) is 18.8. The van der Waals surface area contributed by atoms with Gasteiger partial charge in [0.05, 0.1) is 0 Å². The second kappa shape index (κ2) is 4.15. The Morgan fingerprint density at radius 1 is 1.35 bits per heavy atom. The highest BCUT2D eigenvalue weighted by atomic mass is 16.5. The third-order valence-corrected chi connectivity index (χ3v) is 3.73. The molecule has 0 amide bonds. The van der Waals surface area contributed by atoms with Crippen LogP contribution in [0.4, 0.5) is 0 Å². The lowest BCUT2D eigenvalue weighted by Crippen LogP contribution is -2.36. The molecule has 0 aliphatic heterocycles. The second-order valence-electron chi connectivity index (χ2n) is 4.88. The number of ether oxygens (including phenoxy) is 1. The van der Waals surface area contributed by atoms with Gasteiger partial charge in [0, 0.05) is 12.5 Å². The summed E-state index contributed by atoms with van der Waals surface area (Å²) < 4.78 is 5.20. The Labute approximate surface area is 101 Å². The average Bonchev–Trinajstić information content (AvgIpc) is 2.99. The molecule has 0 bridgehead atoms. The Hall–Kier alpha value is -1.35. The number of benzene rings is 1. The highest BCUT2D eigenvalue weighted by molar-refractivity contribution is 5.76. The zero-order chi connectivity index (χ0) is 12.6. The Balaban J connectivity index is 2.49. The molecule has 0 radical (unpaired) electrons. The molecule has 2 rings (SSSR count). The van der Waals surface area contributed by atoms with Crippen LogP contribution < -0.4 is 0 Å². The van der Waals surface area contributed by atoms with Crippen molar-refractivity contribution in [3.8, 4) is 0 Å². The molecular formula is C14H18O3. The number of hydrogen-bond donors (Lipinski definition) is 1. The molecule has 1 aliphatic carbocycles. The number of carboxylic acid groups (broad SMARTS) is 1. The number of rotatable bonds is 4. The van der Waals surface area contributed by atoms with Crippen LogP contribution in [0.15, 0.2) is 18.2 Å². The maximum atomic E-state index is 11.3. The van der Waals surface area contributed by atoms with E-state index in [2.05, 4.69) is 0 Å². The average molecular weight is 234 g/mol. The van der Waals surface area contributed by atoms with Crippen molar-refractivity contribution in [2.24, 2.45) is 0 Å². The summed E-state index contributed by atoms with van der Waals surface area (Å²) in [7, 11) is 1.48. The third-order valence-electron chi connectivity index (χ3n) is 3.73. The molecule has 1 N–H and O–H groups in total. The molecule has 0 saturated heterocycles. The molecule has 17 heavy (non-hydrogen) atoms. The fourth-order valence-corrected chi connectivity index (χ4v) is 2.94. The van der Waals surface area contributed by atoms with Crippen molar-refractivity contribution >= 4 is 5.97 Å². The van der Waals surface area contributed by atoms with Crippen LogP contribution in [-0.4, -0.2) is 24.3 Å². The van der Waals surface area contributed by atoms with E-state index in [1.165, 1.54) is 7.11 Å². The van der Waals surface area contributed by atoms with E-state index in [0.717, 1.165) is 29.5 Å². The number of carboxylic acids is 1. The van der Waals surface area contributed by atoms with Crippen LogP contribution in [0.25, 0.3) is 0 Å². The number of carbonyl (C=O) groups is 1. The predicted molar refractivity (Wildman–Crippen MR) is 65.3 cm³/mol. The molecule has 1 aromatic carbocycles. The maximum absolute atomic E-state index is 11.3. The van der Waals surface area contributed by atoms with Gasteiger partial charge in [0.1, 0.15) is 0 Å².